The Balaban J connectivity index is 1.74. The van der Waals surface area contributed by atoms with Crippen molar-refractivity contribution in [1.82, 2.24) is 5.32 Å². The Hall–Kier alpha value is -1.07. The Morgan fingerprint density at radius 1 is 1.30 bits per heavy atom. The van der Waals surface area contributed by atoms with Crippen molar-refractivity contribution in [3.63, 3.8) is 0 Å². The van der Waals surface area contributed by atoms with Crippen molar-refractivity contribution in [2.75, 3.05) is 18.8 Å². The van der Waals surface area contributed by atoms with Gasteiger partial charge in [-0.15, -0.1) is 0 Å². The molecule has 1 unspecified atom stereocenters. The van der Waals surface area contributed by atoms with Gasteiger partial charge < -0.3 is 10.1 Å². The number of sulfone groups is 1. The van der Waals surface area contributed by atoms with Crippen LogP contribution in [0.4, 0.5) is 0 Å². The SMILES string of the molecule is CC(C)(C)S(=O)(=O)CCNCC1Cc2ccccc2O1. The molecule has 1 N–H and O–H groups in total. The summed E-state index contributed by atoms with van der Waals surface area (Å²) in [6.07, 6.45) is 0.986. The molecule has 2 rings (SSSR count). The lowest BCUT2D eigenvalue weighted by Crippen LogP contribution is -2.37. The zero-order valence-electron chi connectivity index (χ0n) is 12.3. The lowest BCUT2D eigenvalue weighted by Gasteiger charge is -2.19. The first-order valence-electron chi connectivity index (χ1n) is 6.97. The standard InChI is InChI=1S/C15H23NO3S/c1-15(2,3)20(17,18)9-8-16-11-13-10-12-6-4-5-7-14(12)19-13/h4-7,13,16H,8-11H2,1-3H3. The average Bonchev–Trinajstić information content (AvgIpc) is 2.76. The highest BCUT2D eigenvalue weighted by atomic mass is 32.2. The van der Waals surface area contributed by atoms with Gasteiger partial charge in [0.05, 0.1) is 10.5 Å². The molecule has 112 valence electrons. The van der Waals surface area contributed by atoms with Gasteiger partial charge in [-0.3, -0.25) is 0 Å². The number of fused-ring (bicyclic) bond motifs is 1. The molecule has 5 heteroatoms. The molecule has 0 saturated carbocycles. The predicted octanol–water partition coefficient (Wildman–Crippen LogP) is 1.79. The third kappa shape index (κ3) is 3.52. The van der Waals surface area contributed by atoms with Gasteiger partial charge in [0.15, 0.2) is 9.84 Å². The fraction of sp³-hybridized carbons (Fsp3) is 0.600. The molecule has 1 aromatic carbocycles. The monoisotopic (exact) mass is 297 g/mol. The number of rotatable bonds is 5. The van der Waals surface area contributed by atoms with Crippen LogP contribution in [-0.4, -0.2) is 38.1 Å². The maximum absolute atomic E-state index is 12.0. The van der Waals surface area contributed by atoms with Crippen molar-refractivity contribution in [3.05, 3.63) is 29.8 Å². The molecular weight excluding hydrogens is 274 g/mol. The molecule has 0 amide bonds. The zero-order chi connectivity index (χ0) is 14.8. The van der Waals surface area contributed by atoms with Crippen LogP contribution >= 0.6 is 0 Å². The van der Waals surface area contributed by atoms with Crippen LogP contribution in [0.15, 0.2) is 24.3 Å². The van der Waals surface area contributed by atoms with Crippen molar-refractivity contribution in [3.8, 4) is 5.75 Å². The van der Waals surface area contributed by atoms with Crippen LogP contribution in [-0.2, 0) is 16.3 Å². The van der Waals surface area contributed by atoms with Crippen molar-refractivity contribution < 1.29 is 13.2 Å². The molecule has 0 radical (unpaired) electrons. The van der Waals surface area contributed by atoms with Crippen LogP contribution < -0.4 is 10.1 Å². The number of hydrogen-bond donors (Lipinski definition) is 1. The minimum absolute atomic E-state index is 0.102. The first-order chi connectivity index (χ1) is 9.29. The molecule has 1 atom stereocenters. The normalized spacial score (nSPS) is 18.6. The van der Waals surface area contributed by atoms with Gasteiger partial charge in [0.1, 0.15) is 11.9 Å². The summed E-state index contributed by atoms with van der Waals surface area (Å²) in [4.78, 5) is 0. The van der Waals surface area contributed by atoms with Crippen LogP contribution in [0.25, 0.3) is 0 Å². The predicted molar refractivity (Wildman–Crippen MR) is 81.0 cm³/mol. The van der Waals surface area contributed by atoms with Gasteiger partial charge in [0.2, 0.25) is 0 Å². The average molecular weight is 297 g/mol. The fourth-order valence-corrected chi connectivity index (χ4v) is 3.17. The highest BCUT2D eigenvalue weighted by molar-refractivity contribution is 7.92. The number of para-hydroxylation sites is 1. The molecule has 1 aliphatic heterocycles. The summed E-state index contributed by atoms with van der Waals surface area (Å²) in [6.45, 7) is 6.35. The van der Waals surface area contributed by atoms with Gasteiger partial charge >= 0.3 is 0 Å². The Morgan fingerprint density at radius 3 is 2.65 bits per heavy atom. The first-order valence-corrected chi connectivity index (χ1v) is 8.62. The van der Waals surface area contributed by atoms with E-state index in [1.165, 1.54) is 5.56 Å². The Bertz CT molecular complexity index is 536. The maximum Gasteiger partial charge on any atom is 0.156 e. The van der Waals surface area contributed by atoms with E-state index in [1.54, 1.807) is 20.8 Å². The largest absolute Gasteiger partial charge is 0.488 e. The molecule has 0 bridgehead atoms. The van der Waals surface area contributed by atoms with Crippen LogP contribution in [0.3, 0.4) is 0 Å². The summed E-state index contributed by atoms with van der Waals surface area (Å²) in [5.74, 6) is 1.11. The van der Waals surface area contributed by atoms with E-state index in [0.29, 0.717) is 13.1 Å². The van der Waals surface area contributed by atoms with E-state index in [2.05, 4.69) is 11.4 Å². The number of benzene rings is 1. The molecule has 20 heavy (non-hydrogen) atoms. The summed E-state index contributed by atoms with van der Waals surface area (Å²) in [6, 6.07) is 8.01. The van der Waals surface area contributed by atoms with Gasteiger partial charge in [-0.1, -0.05) is 18.2 Å². The first kappa shape index (κ1) is 15.3. The van der Waals surface area contributed by atoms with Crippen molar-refractivity contribution >= 4 is 9.84 Å². The van der Waals surface area contributed by atoms with Crippen LogP contribution in [0.2, 0.25) is 0 Å². The second-order valence-electron chi connectivity index (χ2n) is 6.19. The number of nitrogens with one attached hydrogen (secondary N) is 1. The Morgan fingerprint density at radius 2 is 2.00 bits per heavy atom. The van der Waals surface area contributed by atoms with Crippen LogP contribution in [0, 0.1) is 0 Å². The fourth-order valence-electron chi connectivity index (χ4n) is 2.14. The highest BCUT2D eigenvalue weighted by Crippen LogP contribution is 2.27. The van der Waals surface area contributed by atoms with Gasteiger partial charge in [0, 0.05) is 19.5 Å². The summed E-state index contributed by atoms with van der Waals surface area (Å²) < 4.78 is 29.0. The van der Waals surface area contributed by atoms with E-state index in [-0.39, 0.29) is 11.9 Å². The molecular formula is C15H23NO3S. The van der Waals surface area contributed by atoms with Gasteiger partial charge in [-0.2, -0.15) is 0 Å². The number of ether oxygens (including phenoxy) is 1. The van der Waals surface area contributed by atoms with E-state index in [9.17, 15) is 8.42 Å². The van der Waals surface area contributed by atoms with Crippen molar-refractivity contribution in [2.24, 2.45) is 0 Å². The molecule has 0 saturated heterocycles. The summed E-state index contributed by atoms with van der Waals surface area (Å²) in [5.41, 5.74) is 1.22. The summed E-state index contributed by atoms with van der Waals surface area (Å²) in [5, 5.41) is 3.19. The lowest BCUT2D eigenvalue weighted by molar-refractivity contribution is 0.229. The molecule has 0 spiro atoms. The Kier molecular flexibility index (Phi) is 4.39. The molecule has 0 aliphatic carbocycles. The van der Waals surface area contributed by atoms with E-state index >= 15 is 0 Å². The topological polar surface area (TPSA) is 55.4 Å². The minimum Gasteiger partial charge on any atom is -0.488 e. The highest BCUT2D eigenvalue weighted by Gasteiger charge is 2.28. The van der Waals surface area contributed by atoms with Crippen molar-refractivity contribution in [2.45, 2.75) is 38.0 Å². The molecule has 1 aliphatic rings. The van der Waals surface area contributed by atoms with Crippen molar-refractivity contribution in [1.29, 1.82) is 0 Å². The van der Waals surface area contributed by atoms with E-state index in [1.807, 2.05) is 18.2 Å². The third-order valence-corrected chi connectivity index (χ3v) is 6.17. The molecule has 0 fully saturated rings. The van der Waals surface area contributed by atoms with E-state index in [4.69, 9.17) is 4.74 Å². The summed E-state index contributed by atoms with van der Waals surface area (Å²) in [7, 11) is -3.05. The van der Waals surface area contributed by atoms with E-state index < -0.39 is 14.6 Å². The summed E-state index contributed by atoms with van der Waals surface area (Å²) >= 11 is 0. The molecule has 1 aromatic rings. The number of hydrogen-bond acceptors (Lipinski definition) is 4. The van der Waals surface area contributed by atoms with Gasteiger partial charge in [-0.05, 0) is 32.4 Å². The third-order valence-electron chi connectivity index (χ3n) is 3.57. The second-order valence-corrected chi connectivity index (χ2v) is 9.05. The van der Waals surface area contributed by atoms with Crippen LogP contribution in [0.1, 0.15) is 26.3 Å². The quantitative estimate of drug-likeness (QED) is 0.842. The molecule has 0 aromatic heterocycles. The molecule has 4 nitrogen and oxygen atoms in total. The van der Waals surface area contributed by atoms with E-state index in [0.717, 1.165) is 12.2 Å². The van der Waals surface area contributed by atoms with Crippen LogP contribution in [0.5, 0.6) is 5.75 Å². The molecule has 1 heterocycles. The maximum atomic E-state index is 12.0. The Labute approximate surface area is 121 Å². The smallest absolute Gasteiger partial charge is 0.156 e. The van der Waals surface area contributed by atoms with Gasteiger partial charge in [-0.25, -0.2) is 8.42 Å². The second kappa shape index (κ2) is 5.74. The van der Waals surface area contributed by atoms with Gasteiger partial charge in [0.25, 0.3) is 0 Å². The zero-order valence-corrected chi connectivity index (χ0v) is 13.2. The lowest BCUT2D eigenvalue weighted by atomic mass is 10.1. The minimum atomic E-state index is -3.05.